The van der Waals surface area contributed by atoms with Crippen molar-refractivity contribution < 1.29 is 4.79 Å². The Balaban J connectivity index is 1.37. The summed E-state index contributed by atoms with van der Waals surface area (Å²) in [6, 6.07) is 20.4. The van der Waals surface area contributed by atoms with E-state index in [1.54, 1.807) is 6.20 Å². The number of hydrogen-bond donors (Lipinski definition) is 1. The van der Waals surface area contributed by atoms with Crippen LogP contribution in [0.15, 0.2) is 66.9 Å². The van der Waals surface area contributed by atoms with Gasteiger partial charge in [-0.1, -0.05) is 68.4 Å². The van der Waals surface area contributed by atoms with E-state index in [4.69, 9.17) is 4.98 Å². The lowest BCUT2D eigenvalue weighted by atomic mass is 9.97. The fourth-order valence-electron chi connectivity index (χ4n) is 4.00. The van der Waals surface area contributed by atoms with E-state index in [1.807, 2.05) is 36.4 Å². The first-order chi connectivity index (χ1) is 15.1. The molecule has 3 aromatic rings. The monoisotopic (exact) mass is 414 g/mol. The molecule has 2 heterocycles. The Morgan fingerprint density at radius 3 is 2.61 bits per heavy atom. The molecule has 1 aliphatic rings. The van der Waals surface area contributed by atoms with E-state index in [-0.39, 0.29) is 11.8 Å². The number of carbonyl (C=O) groups is 1. The molecule has 0 aliphatic carbocycles. The third-order valence-corrected chi connectivity index (χ3v) is 5.90. The van der Waals surface area contributed by atoms with Gasteiger partial charge in [-0.15, -0.1) is 0 Å². The summed E-state index contributed by atoms with van der Waals surface area (Å²) in [6.07, 6.45) is 3.69. The number of amides is 1. The van der Waals surface area contributed by atoms with Crippen molar-refractivity contribution in [1.29, 1.82) is 0 Å². The van der Waals surface area contributed by atoms with Crippen LogP contribution in [-0.4, -0.2) is 29.0 Å². The first-order valence-corrected chi connectivity index (χ1v) is 11.1. The van der Waals surface area contributed by atoms with Gasteiger partial charge in [0.15, 0.2) is 5.82 Å². The second-order valence-electron chi connectivity index (χ2n) is 8.50. The molecule has 0 bridgehead atoms. The fourth-order valence-corrected chi connectivity index (χ4v) is 4.00. The topological polar surface area (TPSA) is 58.1 Å². The minimum absolute atomic E-state index is 0.0289. The van der Waals surface area contributed by atoms with Crippen molar-refractivity contribution >= 4 is 11.7 Å². The van der Waals surface area contributed by atoms with Crippen LogP contribution in [-0.2, 0) is 11.3 Å². The van der Waals surface area contributed by atoms with Crippen molar-refractivity contribution in [3.8, 4) is 11.4 Å². The van der Waals surface area contributed by atoms with Crippen LogP contribution < -0.4 is 10.2 Å². The van der Waals surface area contributed by atoms with E-state index in [0.29, 0.717) is 19.0 Å². The largest absolute Gasteiger partial charge is 0.356 e. The van der Waals surface area contributed by atoms with Crippen LogP contribution in [0.4, 0.5) is 5.82 Å². The van der Waals surface area contributed by atoms with E-state index in [0.717, 1.165) is 42.2 Å². The lowest BCUT2D eigenvalue weighted by molar-refractivity contribution is -0.125. The Bertz CT molecular complexity index is 1000. The molecule has 5 nitrogen and oxygen atoms in total. The summed E-state index contributed by atoms with van der Waals surface area (Å²) in [6.45, 7) is 6.53. The third kappa shape index (κ3) is 5.29. The van der Waals surface area contributed by atoms with E-state index in [9.17, 15) is 4.79 Å². The number of hydrogen-bond acceptors (Lipinski definition) is 4. The molecule has 1 N–H and O–H groups in total. The Kier molecular flexibility index (Phi) is 6.60. The van der Waals surface area contributed by atoms with Gasteiger partial charge in [-0.25, -0.2) is 9.97 Å². The van der Waals surface area contributed by atoms with Gasteiger partial charge in [0.2, 0.25) is 5.91 Å². The van der Waals surface area contributed by atoms with Crippen molar-refractivity contribution in [2.45, 2.75) is 39.2 Å². The van der Waals surface area contributed by atoms with Gasteiger partial charge in [-0.3, -0.25) is 4.79 Å². The molecule has 2 aromatic carbocycles. The van der Waals surface area contributed by atoms with Crippen LogP contribution >= 0.6 is 0 Å². The van der Waals surface area contributed by atoms with Crippen LogP contribution in [0.1, 0.15) is 43.7 Å². The maximum absolute atomic E-state index is 12.8. The summed E-state index contributed by atoms with van der Waals surface area (Å²) in [7, 11) is 0. The average molecular weight is 415 g/mol. The highest BCUT2D eigenvalue weighted by molar-refractivity contribution is 5.79. The van der Waals surface area contributed by atoms with Crippen LogP contribution in [0.3, 0.4) is 0 Å². The molecule has 31 heavy (non-hydrogen) atoms. The van der Waals surface area contributed by atoms with Crippen LogP contribution in [0, 0.1) is 5.92 Å². The van der Waals surface area contributed by atoms with E-state index in [2.05, 4.69) is 53.3 Å². The van der Waals surface area contributed by atoms with Crippen LogP contribution in [0.5, 0.6) is 0 Å². The Labute approximate surface area is 184 Å². The van der Waals surface area contributed by atoms with Gasteiger partial charge < -0.3 is 10.2 Å². The molecular formula is C26H30N4O. The summed E-state index contributed by atoms with van der Waals surface area (Å²) in [5.74, 6) is 2.21. The summed E-state index contributed by atoms with van der Waals surface area (Å²) in [5, 5.41) is 3.13. The zero-order valence-corrected chi connectivity index (χ0v) is 18.3. The minimum atomic E-state index is -0.0289. The molecule has 160 valence electrons. The molecule has 1 aromatic heterocycles. The number of anilines is 1. The van der Waals surface area contributed by atoms with Crippen LogP contribution in [0.25, 0.3) is 11.4 Å². The smallest absolute Gasteiger partial charge is 0.225 e. The van der Waals surface area contributed by atoms with Gasteiger partial charge in [0.1, 0.15) is 5.82 Å². The SMILES string of the molecule is CC(C)c1ccc(CNC(=O)C2CCCN(c3ccnc(-c4ccccc4)n3)C2)cc1. The number of nitrogens with zero attached hydrogens (tertiary/aromatic N) is 3. The van der Waals surface area contributed by atoms with Crippen molar-refractivity contribution in [3.05, 3.63) is 78.0 Å². The summed E-state index contributed by atoms with van der Waals surface area (Å²) >= 11 is 0. The lowest BCUT2D eigenvalue weighted by Gasteiger charge is -2.33. The van der Waals surface area contributed by atoms with Gasteiger partial charge in [0.05, 0.1) is 5.92 Å². The van der Waals surface area contributed by atoms with Crippen molar-refractivity contribution in [1.82, 2.24) is 15.3 Å². The minimum Gasteiger partial charge on any atom is -0.356 e. The van der Waals surface area contributed by atoms with Gasteiger partial charge in [0, 0.05) is 31.4 Å². The Hall–Kier alpha value is -3.21. The highest BCUT2D eigenvalue weighted by Crippen LogP contribution is 2.24. The highest BCUT2D eigenvalue weighted by Gasteiger charge is 2.26. The summed E-state index contributed by atoms with van der Waals surface area (Å²) in [4.78, 5) is 24.2. The molecule has 0 spiro atoms. The zero-order valence-electron chi connectivity index (χ0n) is 18.3. The lowest BCUT2D eigenvalue weighted by Crippen LogP contribution is -2.43. The predicted octanol–water partition coefficient (Wildman–Crippen LogP) is 4.80. The fraction of sp³-hybridized carbons (Fsp3) is 0.346. The molecule has 1 amide bonds. The quantitative estimate of drug-likeness (QED) is 0.629. The molecule has 0 saturated carbocycles. The predicted molar refractivity (Wildman–Crippen MR) is 125 cm³/mol. The molecule has 1 fully saturated rings. The molecule has 1 atom stereocenters. The van der Waals surface area contributed by atoms with Gasteiger partial charge >= 0.3 is 0 Å². The maximum atomic E-state index is 12.8. The van der Waals surface area contributed by atoms with Gasteiger partial charge in [0.25, 0.3) is 0 Å². The molecule has 1 saturated heterocycles. The first kappa shape index (κ1) is 21.0. The zero-order chi connectivity index (χ0) is 21.6. The molecule has 1 aliphatic heterocycles. The second-order valence-corrected chi connectivity index (χ2v) is 8.50. The van der Waals surface area contributed by atoms with E-state index in [1.165, 1.54) is 5.56 Å². The molecular weight excluding hydrogens is 384 g/mol. The van der Waals surface area contributed by atoms with E-state index < -0.39 is 0 Å². The number of piperidine rings is 1. The van der Waals surface area contributed by atoms with Crippen molar-refractivity contribution in [2.24, 2.45) is 5.92 Å². The average Bonchev–Trinajstić information content (AvgIpc) is 2.83. The number of benzene rings is 2. The highest BCUT2D eigenvalue weighted by atomic mass is 16.1. The Morgan fingerprint density at radius 2 is 1.87 bits per heavy atom. The van der Waals surface area contributed by atoms with Crippen molar-refractivity contribution in [3.63, 3.8) is 0 Å². The second kappa shape index (κ2) is 9.73. The van der Waals surface area contributed by atoms with Crippen LogP contribution in [0.2, 0.25) is 0 Å². The van der Waals surface area contributed by atoms with Crippen molar-refractivity contribution in [2.75, 3.05) is 18.0 Å². The Morgan fingerprint density at radius 1 is 1.10 bits per heavy atom. The summed E-state index contributed by atoms with van der Waals surface area (Å²) in [5.41, 5.74) is 3.45. The molecule has 1 unspecified atom stereocenters. The number of carbonyl (C=O) groups excluding carboxylic acids is 1. The molecule has 4 rings (SSSR count). The maximum Gasteiger partial charge on any atom is 0.225 e. The summed E-state index contributed by atoms with van der Waals surface area (Å²) < 4.78 is 0. The number of aromatic nitrogens is 2. The number of nitrogens with one attached hydrogen (secondary N) is 1. The molecule has 0 radical (unpaired) electrons. The first-order valence-electron chi connectivity index (χ1n) is 11.1. The number of rotatable bonds is 6. The van der Waals surface area contributed by atoms with Gasteiger partial charge in [-0.05, 0) is 36.0 Å². The standard InChI is InChI=1S/C26H30N4O/c1-19(2)21-12-10-20(11-13-21)17-28-26(31)23-9-6-16-30(18-23)24-14-15-27-25(29-24)22-7-4-3-5-8-22/h3-5,7-8,10-15,19,23H,6,9,16-18H2,1-2H3,(H,28,31). The third-order valence-electron chi connectivity index (χ3n) is 5.90. The molecule has 5 heteroatoms. The normalized spacial score (nSPS) is 16.4. The van der Waals surface area contributed by atoms with E-state index >= 15 is 0 Å². The van der Waals surface area contributed by atoms with Gasteiger partial charge in [-0.2, -0.15) is 0 Å².